The predicted octanol–water partition coefficient (Wildman–Crippen LogP) is 1.89. The maximum atomic E-state index is 9.27. The van der Waals surface area contributed by atoms with Gasteiger partial charge in [0, 0.05) is 19.1 Å². The van der Waals surface area contributed by atoms with Gasteiger partial charge in [-0.25, -0.2) is 0 Å². The van der Waals surface area contributed by atoms with Gasteiger partial charge in [0.2, 0.25) is 0 Å². The van der Waals surface area contributed by atoms with Crippen molar-refractivity contribution in [2.24, 2.45) is 11.8 Å². The molecule has 1 saturated carbocycles. The number of hydrogen-bond donors (Lipinski definition) is 1. The highest BCUT2D eigenvalue weighted by atomic mass is 16.5. The van der Waals surface area contributed by atoms with Gasteiger partial charge in [0.15, 0.2) is 0 Å². The maximum Gasteiger partial charge on any atom is 0.0936 e. The summed E-state index contributed by atoms with van der Waals surface area (Å²) in [5.41, 5.74) is 0. The van der Waals surface area contributed by atoms with E-state index < -0.39 is 0 Å². The van der Waals surface area contributed by atoms with E-state index in [0.717, 1.165) is 24.9 Å². The molecule has 0 spiro atoms. The second-order valence-corrected chi connectivity index (χ2v) is 6.13. The second-order valence-electron chi connectivity index (χ2n) is 6.13. The molecular formula is C14H27NO2. The van der Waals surface area contributed by atoms with Crippen molar-refractivity contribution < 1.29 is 9.84 Å². The van der Waals surface area contributed by atoms with E-state index in [9.17, 15) is 5.11 Å². The van der Waals surface area contributed by atoms with Crippen LogP contribution in [0.25, 0.3) is 0 Å². The number of ether oxygens (including phenoxy) is 1. The molecule has 1 N–H and O–H groups in total. The molecule has 0 aromatic rings. The number of aliphatic hydroxyl groups is 1. The molecule has 5 unspecified atom stereocenters. The molecule has 5 atom stereocenters. The van der Waals surface area contributed by atoms with Crippen LogP contribution in [-0.4, -0.2) is 48.0 Å². The van der Waals surface area contributed by atoms with E-state index in [1.165, 1.54) is 19.3 Å². The Hall–Kier alpha value is -0.120. The molecule has 1 aliphatic heterocycles. The number of nitrogens with zero attached hydrogens (tertiary/aromatic N) is 1. The lowest BCUT2D eigenvalue weighted by atomic mass is 9.78. The highest BCUT2D eigenvalue weighted by Crippen LogP contribution is 2.33. The fraction of sp³-hybridized carbons (Fsp3) is 1.00. The quantitative estimate of drug-likeness (QED) is 0.801. The molecule has 3 heteroatoms. The summed E-state index contributed by atoms with van der Waals surface area (Å²) in [5.74, 6) is 1.71. The van der Waals surface area contributed by atoms with Gasteiger partial charge in [-0.3, -0.25) is 4.90 Å². The minimum atomic E-state index is 0.0217. The molecule has 0 radical (unpaired) electrons. The van der Waals surface area contributed by atoms with E-state index in [0.29, 0.717) is 6.04 Å². The van der Waals surface area contributed by atoms with Crippen molar-refractivity contribution in [1.29, 1.82) is 0 Å². The van der Waals surface area contributed by atoms with Gasteiger partial charge >= 0.3 is 0 Å². The summed E-state index contributed by atoms with van der Waals surface area (Å²) in [6, 6.07) is 0.710. The van der Waals surface area contributed by atoms with Gasteiger partial charge in [-0.2, -0.15) is 0 Å². The van der Waals surface area contributed by atoms with E-state index in [1.54, 1.807) is 0 Å². The average Bonchev–Trinajstić information content (AvgIpc) is 2.32. The van der Waals surface area contributed by atoms with Crippen molar-refractivity contribution in [2.45, 2.75) is 58.3 Å². The minimum Gasteiger partial charge on any atom is -0.394 e. The lowest BCUT2D eigenvalue weighted by molar-refractivity contribution is -0.111. The van der Waals surface area contributed by atoms with Crippen LogP contribution in [0.1, 0.15) is 40.0 Å². The molecule has 17 heavy (non-hydrogen) atoms. The Morgan fingerprint density at radius 3 is 2.53 bits per heavy atom. The zero-order valence-electron chi connectivity index (χ0n) is 11.4. The smallest absolute Gasteiger partial charge is 0.0936 e. The first kappa shape index (κ1) is 13.3. The Morgan fingerprint density at radius 2 is 1.88 bits per heavy atom. The average molecular weight is 241 g/mol. The van der Waals surface area contributed by atoms with Gasteiger partial charge in [0.05, 0.1) is 18.8 Å². The molecule has 1 saturated heterocycles. The molecule has 2 rings (SSSR count). The van der Waals surface area contributed by atoms with Crippen LogP contribution in [0.15, 0.2) is 0 Å². The summed E-state index contributed by atoms with van der Waals surface area (Å²) < 4.78 is 5.71. The van der Waals surface area contributed by atoms with Gasteiger partial charge in [0.25, 0.3) is 0 Å². The molecule has 3 nitrogen and oxygen atoms in total. The second kappa shape index (κ2) is 5.68. The summed E-state index contributed by atoms with van der Waals surface area (Å²) in [7, 11) is 0. The first-order chi connectivity index (χ1) is 8.10. The number of aliphatic hydroxyl groups excluding tert-OH is 1. The molecule has 0 aromatic carbocycles. The van der Waals surface area contributed by atoms with Crippen molar-refractivity contribution in [1.82, 2.24) is 4.90 Å². The van der Waals surface area contributed by atoms with E-state index in [1.807, 2.05) is 0 Å². The van der Waals surface area contributed by atoms with Gasteiger partial charge in [-0.15, -0.1) is 0 Å². The zero-order chi connectivity index (χ0) is 12.4. The van der Waals surface area contributed by atoms with Crippen LogP contribution in [-0.2, 0) is 4.74 Å². The van der Waals surface area contributed by atoms with E-state index in [-0.39, 0.29) is 18.8 Å². The standard InChI is InChI=1S/C14H27NO2/c1-10-4-5-13(6-11(10)2)15-7-12(3)17-14(8-15)9-16/h10-14,16H,4-9H2,1-3H3. The van der Waals surface area contributed by atoms with Crippen LogP contribution in [0.2, 0.25) is 0 Å². The topological polar surface area (TPSA) is 32.7 Å². The Kier molecular flexibility index (Phi) is 4.45. The van der Waals surface area contributed by atoms with Gasteiger partial charge < -0.3 is 9.84 Å². The molecule has 1 aliphatic carbocycles. The summed E-state index contributed by atoms with van der Waals surface area (Å²) in [5, 5.41) is 9.27. The van der Waals surface area contributed by atoms with Crippen LogP contribution in [0.3, 0.4) is 0 Å². The SMILES string of the molecule is CC1CN(C2CCC(C)C(C)C2)CC(CO)O1. The van der Waals surface area contributed by atoms with Crippen LogP contribution < -0.4 is 0 Å². The Bertz CT molecular complexity index is 246. The normalized spacial score (nSPS) is 44.8. The largest absolute Gasteiger partial charge is 0.394 e. The molecular weight excluding hydrogens is 214 g/mol. The van der Waals surface area contributed by atoms with Gasteiger partial charge in [-0.05, 0) is 38.0 Å². The lowest BCUT2D eigenvalue weighted by Crippen LogP contribution is -2.53. The third-order valence-electron chi connectivity index (χ3n) is 4.65. The maximum absolute atomic E-state index is 9.27. The lowest BCUT2D eigenvalue weighted by Gasteiger charge is -2.44. The van der Waals surface area contributed by atoms with Crippen molar-refractivity contribution in [3.63, 3.8) is 0 Å². The third-order valence-corrected chi connectivity index (χ3v) is 4.65. The van der Waals surface area contributed by atoms with Crippen molar-refractivity contribution >= 4 is 0 Å². The summed E-state index contributed by atoms with van der Waals surface area (Å²) in [6.07, 6.45) is 4.26. The fourth-order valence-corrected chi connectivity index (χ4v) is 3.33. The number of morpholine rings is 1. The number of hydrogen-bond acceptors (Lipinski definition) is 3. The molecule has 1 heterocycles. The predicted molar refractivity (Wildman–Crippen MR) is 69.0 cm³/mol. The molecule has 100 valence electrons. The highest BCUT2D eigenvalue weighted by Gasteiger charge is 2.33. The Labute approximate surface area is 105 Å². The summed E-state index contributed by atoms with van der Waals surface area (Å²) >= 11 is 0. The molecule has 2 fully saturated rings. The minimum absolute atomic E-state index is 0.0217. The van der Waals surface area contributed by atoms with Gasteiger partial charge in [0.1, 0.15) is 0 Å². The Balaban J connectivity index is 1.92. The van der Waals surface area contributed by atoms with Crippen LogP contribution >= 0.6 is 0 Å². The monoisotopic (exact) mass is 241 g/mol. The molecule has 0 aromatic heterocycles. The first-order valence-electron chi connectivity index (χ1n) is 7.10. The summed E-state index contributed by atoms with van der Waals surface area (Å²) in [6.45, 7) is 8.96. The zero-order valence-corrected chi connectivity index (χ0v) is 11.4. The van der Waals surface area contributed by atoms with Crippen molar-refractivity contribution in [2.75, 3.05) is 19.7 Å². The first-order valence-corrected chi connectivity index (χ1v) is 7.10. The molecule has 2 aliphatic rings. The van der Waals surface area contributed by atoms with Crippen molar-refractivity contribution in [3.05, 3.63) is 0 Å². The summed E-state index contributed by atoms with van der Waals surface area (Å²) in [4.78, 5) is 2.55. The van der Waals surface area contributed by atoms with E-state index in [2.05, 4.69) is 25.7 Å². The highest BCUT2D eigenvalue weighted by molar-refractivity contribution is 4.86. The van der Waals surface area contributed by atoms with Crippen LogP contribution in [0.4, 0.5) is 0 Å². The number of rotatable bonds is 2. The van der Waals surface area contributed by atoms with E-state index >= 15 is 0 Å². The van der Waals surface area contributed by atoms with Crippen LogP contribution in [0.5, 0.6) is 0 Å². The van der Waals surface area contributed by atoms with Crippen molar-refractivity contribution in [3.8, 4) is 0 Å². The van der Waals surface area contributed by atoms with Gasteiger partial charge in [-0.1, -0.05) is 13.8 Å². The Morgan fingerprint density at radius 1 is 1.12 bits per heavy atom. The molecule has 0 bridgehead atoms. The molecule has 0 amide bonds. The fourth-order valence-electron chi connectivity index (χ4n) is 3.33. The van der Waals surface area contributed by atoms with Crippen LogP contribution in [0, 0.1) is 11.8 Å². The van der Waals surface area contributed by atoms with E-state index in [4.69, 9.17) is 4.74 Å². The third kappa shape index (κ3) is 3.21.